The Kier molecular flexibility index (Phi) is 5.24. The van der Waals surface area contributed by atoms with Crippen molar-refractivity contribution < 1.29 is 9.18 Å². The van der Waals surface area contributed by atoms with Crippen LogP contribution in [0.4, 0.5) is 10.1 Å². The molecule has 0 bridgehead atoms. The largest absolute Gasteiger partial charge is 0.325 e. The van der Waals surface area contributed by atoms with Crippen molar-refractivity contribution in [1.29, 1.82) is 0 Å². The SMILES string of the molecule is Cc1cc(C)c(NC(=O)[C@H](C)Sc2ccc(F)cc2)c(C)c1. The Morgan fingerprint density at radius 3 is 2.18 bits per heavy atom. The number of benzene rings is 2. The molecule has 2 aromatic carbocycles. The van der Waals surface area contributed by atoms with E-state index in [1.165, 1.54) is 29.5 Å². The van der Waals surface area contributed by atoms with E-state index < -0.39 is 0 Å². The van der Waals surface area contributed by atoms with Gasteiger partial charge >= 0.3 is 0 Å². The van der Waals surface area contributed by atoms with Crippen LogP contribution in [0.5, 0.6) is 0 Å². The molecular weight excluding hydrogens is 297 g/mol. The van der Waals surface area contributed by atoms with E-state index in [9.17, 15) is 9.18 Å². The molecule has 0 aromatic heterocycles. The maximum absolute atomic E-state index is 12.9. The van der Waals surface area contributed by atoms with E-state index in [-0.39, 0.29) is 17.0 Å². The van der Waals surface area contributed by atoms with Gasteiger partial charge in [-0.2, -0.15) is 0 Å². The molecule has 2 aromatic rings. The van der Waals surface area contributed by atoms with Crippen LogP contribution < -0.4 is 5.32 Å². The van der Waals surface area contributed by atoms with Crippen LogP contribution in [-0.4, -0.2) is 11.2 Å². The molecule has 4 heteroatoms. The molecule has 0 aliphatic rings. The standard InChI is InChI=1S/C18H20FNOS/c1-11-9-12(2)17(13(3)10-11)20-18(21)14(4)22-16-7-5-15(19)6-8-16/h5-10,14H,1-4H3,(H,20,21)/t14-/m0/s1. The van der Waals surface area contributed by atoms with Crippen molar-refractivity contribution in [3.05, 3.63) is 58.9 Å². The molecule has 116 valence electrons. The summed E-state index contributed by atoms with van der Waals surface area (Å²) in [6.45, 7) is 7.88. The number of anilines is 1. The zero-order chi connectivity index (χ0) is 16.3. The minimum absolute atomic E-state index is 0.0515. The second-order valence-electron chi connectivity index (χ2n) is 5.48. The van der Waals surface area contributed by atoms with E-state index in [4.69, 9.17) is 0 Å². The maximum atomic E-state index is 12.9. The zero-order valence-electron chi connectivity index (χ0n) is 13.2. The highest BCUT2D eigenvalue weighted by atomic mass is 32.2. The topological polar surface area (TPSA) is 29.1 Å². The molecule has 0 saturated carbocycles. The first-order valence-electron chi connectivity index (χ1n) is 7.18. The molecule has 0 saturated heterocycles. The first kappa shape index (κ1) is 16.6. The molecule has 0 unspecified atom stereocenters. The van der Waals surface area contributed by atoms with Gasteiger partial charge in [0.05, 0.1) is 5.25 Å². The van der Waals surface area contributed by atoms with Crippen molar-refractivity contribution >= 4 is 23.4 Å². The van der Waals surface area contributed by atoms with E-state index in [0.717, 1.165) is 21.7 Å². The Balaban J connectivity index is 2.07. The van der Waals surface area contributed by atoms with Crippen molar-refractivity contribution in [1.82, 2.24) is 0 Å². The van der Waals surface area contributed by atoms with Crippen molar-refractivity contribution in [3.63, 3.8) is 0 Å². The van der Waals surface area contributed by atoms with Gasteiger partial charge in [-0.25, -0.2) is 4.39 Å². The zero-order valence-corrected chi connectivity index (χ0v) is 14.1. The van der Waals surface area contributed by atoms with Gasteiger partial charge in [0.2, 0.25) is 5.91 Å². The molecule has 2 rings (SSSR count). The van der Waals surface area contributed by atoms with Crippen molar-refractivity contribution in [2.45, 2.75) is 37.8 Å². The van der Waals surface area contributed by atoms with Crippen LogP contribution in [0.3, 0.4) is 0 Å². The number of amides is 1. The summed E-state index contributed by atoms with van der Waals surface area (Å²) in [6.07, 6.45) is 0. The molecule has 22 heavy (non-hydrogen) atoms. The summed E-state index contributed by atoms with van der Waals surface area (Å²) in [5.74, 6) is -0.322. The number of carbonyl (C=O) groups excluding carboxylic acids is 1. The second kappa shape index (κ2) is 6.97. The van der Waals surface area contributed by atoms with E-state index in [2.05, 4.69) is 17.4 Å². The summed E-state index contributed by atoms with van der Waals surface area (Å²) in [5.41, 5.74) is 4.18. The van der Waals surface area contributed by atoms with E-state index in [1.54, 1.807) is 12.1 Å². The first-order chi connectivity index (χ1) is 10.4. The molecule has 1 N–H and O–H groups in total. The number of carbonyl (C=O) groups is 1. The fraction of sp³-hybridized carbons (Fsp3) is 0.278. The third-order valence-electron chi connectivity index (χ3n) is 3.42. The van der Waals surface area contributed by atoms with E-state index in [0.29, 0.717) is 0 Å². The Labute approximate surface area is 135 Å². The number of hydrogen-bond donors (Lipinski definition) is 1. The number of nitrogens with one attached hydrogen (secondary N) is 1. The molecule has 0 fully saturated rings. The molecule has 0 spiro atoms. The highest BCUT2D eigenvalue weighted by Gasteiger charge is 2.16. The summed E-state index contributed by atoms with van der Waals surface area (Å²) in [7, 11) is 0. The summed E-state index contributed by atoms with van der Waals surface area (Å²) in [6, 6.07) is 10.3. The van der Waals surface area contributed by atoms with Crippen LogP contribution in [0.15, 0.2) is 41.3 Å². The highest BCUT2D eigenvalue weighted by molar-refractivity contribution is 8.00. The number of aryl methyl sites for hydroxylation is 3. The quantitative estimate of drug-likeness (QED) is 0.815. The van der Waals surface area contributed by atoms with E-state index in [1.807, 2.05) is 27.7 Å². The second-order valence-corrected chi connectivity index (χ2v) is 6.89. The van der Waals surface area contributed by atoms with Gasteiger partial charge in [-0.05, 0) is 63.1 Å². The van der Waals surface area contributed by atoms with Gasteiger partial charge in [0.25, 0.3) is 0 Å². The molecule has 0 radical (unpaired) electrons. The molecule has 0 aliphatic carbocycles. The average Bonchev–Trinajstić information content (AvgIpc) is 2.45. The lowest BCUT2D eigenvalue weighted by molar-refractivity contribution is -0.115. The van der Waals surface area contributed by atoms with Crippen LogP contribution in [0, 0.1) is 26.6 Å². The minimum atomic E-state index is -0.271. The summed E-state index contributed by atoms with van der Waals surface area (Å²) in [4.78, 5) is 13.2. The molecule has 2 nitrogen and oxygen atoms in total. The van der Waals surface area contributed by atoms with Crippen LogP contribution in [0.25, 0.3) is 0 Å². The van der Waals surface area contributed by atoms with Crippen LogP contribution in [-0.2, 0) is 4.79 Å². The fourth-order valence-electron chi connectivity index (χ4n) is 2.37. The molecule has 1 amide bonds. The third-order valence-corrected chi connectivity index (χ3v) is 4.53. The van der Waals surface area contributed by atoms with Gasteiger partial charge in [0, 0.05) is 10.6 Å². The number of hydrogen-bond acceptors (Lipinski definition) is 2. The highest BCUT2D eigenvalue weighted by Crippen LogP contribution is 2.26. The summed E-state index contributed by atoms with van der Waals surface area (Å²) in [5, 5.41) is 2.74. The smallest absolute Gasteiger partial charge is 0.237 e. The molecule has 1 atom stereocenters. The maximum Gasteiger partial charge on any atom is 0.237 e. The Morgan fingerprint density at radius 2 is 1.64 bits per heavy atom. The lowest BCUT2D eigenvalue weighted by Crippen LogP contribution is -2.23. The Hall–Kier alpha value is -1.81. The van der Waals surface area contributed by atoms with Gasteiger partial charge in [0.15, 0.2) is 0 Å². The summed E-state index contributed by atoms with van der Waals surface area (Å²) < 4.78 is 12.9. The number of thioether (sulfide) groups is 1. The lowest BCUT2D eigenvalue weighted by Gasteiger charge is -2.16. The van der Waals surface area contributed by atoms with Gasteiger partial charge in [-0.15, -0.1) is 11.8 Å². The Morgan fingerprint density at radius 1 is 1.09 bits per heavy atom. The van der Waals surface area contributed by atoms with Gasteiger partial charge in [-0.3, -0.25) is 4.79 Å². The van der Waals surface area contributed by atoms with Crippen molar-refractivity contribution in [2.75, 3.05) is 5.32 Å². The van der Waals surface area contributed by atoms with Crippen LogP contribution >= 0.6 is 11.8 Å². The predicted octanol–water partition coefficient (Wildman–Crippen LogP) is 4.87. The normalized spacial score (nSPS) is 12.0. The number of rotatable bonds is 4. The number of halogens is 1. The third kappa shape index (κ3) is 4.10. The summed E-state index contributed by atoms with van der Waals surface area (Å²) >= 11 is 1.42. The van der Waals surface area contributed by atoms with Crippen LogP contribution in [0.2, 0.25) is 0 Å². The fourth-order valence-corrected chi connectivity index (χ4v) is 3.24. The molecule has 0 aliphatic heterocycles. The van der Waals surface area contributed by atoms with Gasteiger partial charge in [0.1, 0.15) is 5.82 Å². The molecule has 0 heterocycles. The van der Waals surface area contributed by atoms with Crippen LogP contribution in [0.1, 0.15) is 23.6 Å². The van der Waals surface area contributed by atoms with Gasteiger partial charge < -0.3 is 5.32 Å². The van der Waals surface area contributed by atoms with Crippen molar-refractivity contribution in [3.8, 4) is 0 Å². The average molecular weight is 317 g/mol. The van der Waals surface area contributed by atoms with Crippen molar-refractivity contribution in [2.24, 2.45) is 0 Å². The predicted molar refractivity (Wildman–Crippen MR) is 91.0 cm³/mol. The monoisotopic (exact) mass is 317 g/mol. The van der Waals surface area contributed by atoms with Gasteiger partial charge in [-0.1, -0.05) is 17.7 Å². The molecular formula is C18H20FNOS. The Bertz CT molecular complexity index is 659. The van der Waals surface area contributed by atoms with E-state index >= 15 is 0 Å². The first-order valence-corrected chi connectivity index (χ1v) is 8.05. The minimum Gasteiger partial charge on any atom is -0.325 e. The lowest BCUT2D eigenvalue weighted by atomic mass is 10.1.